The highest BCUT2D eigenvalue weighted by Gasteiger charge is 2.20. The van der Waals surface area contributed by atoms with Crippen LogP contribution in [0.25, 0.3) is 11.1 Å². The van der Waals surface area contributed by atoms with Crippen molar-refractivity contribution in [3.05, 3.63) is 53.6 Å². The monoisotopic (exact) mass is 362 g/mol. The van der Waals surface area contributed by atoms with Crippen LogP contribution >= 0.6 is 0 Å². The Hall–Kier alpha value is -2.96. The van der Waals surface area contributed by atoms with Gasteiger partial charge in [-0.25, -0.2) is 4.39 Å². The van der Waals surface area contributed by atoms with Crippen molar-refractivity contribution >= 4 is 11.8 Å². The van der Waals surface area contributed by atoms with Crippen LogP contribution in [0.3, 0.4) is 0 Å². The molecule has 2 amide bonds. The van der Waals surface area contributed by atoms with Crippen LogP contribution in [-0.4, -0.2) is 42.0 Å². The molecule has 5 nitrogen and oxygen atoms in total. The summed E-state index contributed by atoms with van der Waals surface area (Å²) in [5, 5.41) is 11.9. The zero-order chi connectivity index (χ0) is 19.4. The summed E-state index contributed by atoms with van der Waals surface area (Å²) in [5.41, 5.74) is 1.21. The summed E-state index contributed by atoms with van der Waals surface area (Å²) in [6.45, 7) is 1.77. The number of hydrogen-bond acceptors (Lipinski definition) is 3. The highest BCUT2D eigenvalue weighted by atomic mass is 19.2. The smallest absolute Gasteiger partial charge is 0.253 e. The quantitative estimate of drug-likeness (QED) is 0.859. The van der Waals surface area contributed by atoms with E-state index in [4.69, 9.17) is 0 Å². The molecule has 0 saturated carbocycles. The maximum atomic E-state index is 13.4. The van der Waals surface area contributed by atoms with E-state index in [-0.39, 0.29) is 24.3 Å². The van der Waals surface area contributed by atoms with Crippen molar-refractivity contribution in [2.75, 3.05) is 14.1 Å². The molecule has 26 heavy (non-hydrogen) atoms. The number of rotatable bonds is 5. The third-order valence-electron chi connectivity index (χ3n) is 4.22. The van der Waals surface area contributed by atoms with Crippen LogP contribution in [0, 0.1) is 11.6 Å². The molecule has 138 valence electrons. The van der Waals surface area contributed by atoms with Gasteiger partial charge in [-0.3, -0.25) is 9.59 Å². The van der Waals surface area contributed by atoms with E-state index < -0.39 is 17.4 Å². The molecule has 2 aromatic rings. The Labute approximate surface area is 150 Å². The minimum absolute atomic E-state index is 0.161. The van der Waals surface area contributed by atoms with E-state index in [1.54, 1.807) is 38.2 Å². The van der Waals surface area contributed by atoms with E-state index in [2.05, 4.69) is 5.32 Å². The standard InChI is InChI=1S/C19H20F2N2O3/c1-11(8-17(25)22-2)23(3)19(26)13-6-4-12(5-7-13)14-9-15(20)18(21)16(24)10-14/h4-7,9-11,24H,8H2,1-3H3,(H,22,25). The van der Waals surface area contributed by atoms with Crippen molar-refractivity contribution < 1.29 is 23.5 Å². The average molecular weight is 362 g/mol. The molecule has 0 spiro atoms. The molecule has 0 aliphatic rings. The van der Waals surface area contributed by atoms with Crippen molar-refractivity contribution in [1.29, 1.82) is 0 Å². The van der Waals surface area contributed by atoms with Crippen LogP contribution in [0.5, 0.6) is 5.75 Å². The van der Waals surface area contributed by atoms with Crippen molar-refractivity contribution in [2.45, 2.75) is 19.4 Å². The van der Waals surface area contributed by atoms with E-state index in [0.717, 1.165) is 12.1 Å². The van der Waals surface area contributed by atoms with Gasteiger partial charge in [0.05, 0.1) is 0 Å². The summed E-state index contributed by atoms with van der Waals surface area (Å²) >= 11 is 0. The molecule has 0 aliphatic carbocycles. The normalized spacial score (nSPS) is 11.7. The summed E-state index contributed by atoms with van der Waals surface area (Å²) in [5.74, 6) is -3.65. The third kappa shape index (κ3) is 4.17. The Balaban J connectivity index is 2.18. The molecule has 2 N–H and O–H groups in total. The molecule has 2 rings (SSSR count). The molecule has 1 atom stereocenters. The molecule has 0 aromatic heterocycles. The van der Waals surface area contributed by atoms with E-state index in [1.165, 1.54) is 11.9 Å². The Morgan fingerprint density at radius 3 is 2.31 bits per heavy atom. The number of benzene rings is 2. The number of hydrogen-bond donors (Lipinski definition) is 2. The molecule has 0 aliphatic heterocycles. The van der Waals surface area contributed by atoms with E-state index in [0.29, 0.717) is 16.7 Å². The van der Waals surface area contributed by atoms with Crippen LogP contribution in [-0.2, 0) is 4.79 Å². The second kappa shape index (κ2) is 7.95. The SMILES string of the molecule is CNC(=O)CC(C)N(C)C(=O)c1ccc(-c2cc(O)c(F)c(F)c2)cc1. The first-order valence-electron chi connectivity index (χ1n) is 8.00. The highest BCUT2D eigenvalue weighted by Crippen LogP contribution is 2.28. The number of carbonyl (C=O) groups is 2. The van der Waals surface area contributed by atoms with Gasteiger partial charge in [-0.2, -0.15) is 4.39 Å². The molecule has 0 fully saturated rings. The van der Waals surface area contributed by atoms with Crippen LogP contribution < -0.4 is 5.32 Å². The van der Waals surface area contributed by atoms with E-state index >= 15 is 0 Å². The third-order valence-corrected chi connectivity index (χ3v) is 4.22. The lowest BCUT2D eigenvalue weighted by molar-refractivity contribution is -0.121. The fourth-order valence-electron chi connectivity index (χ4n) is 2.46. The van der Waals surface area contributed by atoms with Gasteiger partial charge in [0.15, 0.2) is 17.4 Å². The van der Waals surface area contributed by atoms with Crippen molar-refractivity contribution in [2.24, 2.45) is 0 Å². The molecule has 7 heteroatoms. The topological polar surface area (TPSA) is 69.6 Å². The minimum atomic E-state index is -1.30. The molecule has 0 heterocycles. The fourth-order valence-corrected chi connectivity index (χ4v) is 2.46. The van der Waals surface area contributed by atoms with Gasteiger partial charge in [-0.05, 0) is 42.3 Å². The molecule has 0 saturated heterocycles. The lowest BCUT2D eigenvalue weighted by Gasteiger charge is -2.24. The number of phenolic OH excluding ortho intramolecular Hbond substituents is 1. The lowest BCUT2D eigenvalue weighted by atomic mass is 10.0. The number of carbonyl (C=O) groups excluding carboxylic acids is 2. The van der Waals surface area contributed by atoms with Crippen LogP contribution in [0.2, 0.25) is 0 Å². The van der Waals surface area contributed by atoms with Gasteiger partial charge in [-0.15, -0.1) is 0 Å². The van der Waals surface area contributed by atoms with Gasteiger partial charge >= 0.3 is 0 Å². The van der Waals surface area contributed by atoms with Crippen molar-refractivity contribution in [3.8, 4) is 16.9 Å². The van der Waals surface area contributed by atoms with Crippen molar-refractivity contribution in [3.63, 3.8) is 0 Å². The Bertz CT molecular complexity index is 799. The first kappa shape index (κ1) is 19.4. The summed E-state index contributed by atoms with van der Waals surface area (Å²) < 4.78 is 26.6. The van der Waals surface area contributed by atoms with Gasteiger partial charge < -0.3 is 15.3 Å². The van der Waals surface area contributed by atoms with Gasteiger partial charge in [0.1, 0.15) is 0 Å². The van der Waals surface area contributed by atoms with E-state index in [1.807, 2.05) is 0 Å². The zero-order valence-electron chi connectivity index (χ0n) is 14.7. The van der Waals surface area contributed by atoms with Crippen LogP contribution in [0.15, 0.2) is 36.4 Å². The first-order valence-corrected chi connectivity index (χ1v) is 8.00. The second-order valence-electron chi connectivity index (χ2n) is 6.01. The Morgan fingerprint density at radius 1 is 1.15 bits per heavy atom. The molecule has 2 aromatic carbocycles. The predicted octanol–water partition coefficient (Wildman–Crippen LogP) is 2.93. The largest absolute Gasteiger partial charge is 0.505 e. The predicted molar refractivity (Wildman–Crippen MR) is 93.7 cm³/mol. The number of aromatic hydroxyl groups is 1. The average Bonchev–Trinajstić information content (AvgIpc) is 2.64. The van der Waals surface area contributed by atoms with Gasteiger partial charge in [-0.1, -0.05) is 12.1 Å². The number of halogens is 2. The molecular formula is C19H20F2N2O3. The van der Waals surface area contributed by atoms with Gasteiger partial charge in [0.2, 0.25) is 5.91 Å². The zero-order valence-corrected chi connectivity index (χ0v) is 14.7. The Kier molecular flexibility index (Phi) is 5.92. The molecule has 1 unspecified atom stereocenters. The number of nitrogens with zero attached hydrogens (tertiary/aromatic N) is 1. The lowest BCUT2D eigenvalue weighted by Crippen LogP contribution is -2.38. The maximum Gasteiger partial charge on any atom is 0.253 e. The van der Waals surface area contributed by atoms with Crippen LogP contribution in [0.4, 0.5) is 8.78 Å². The summed E-state index contributed by atoms with van der Waals surface area (Å²) in [6, 6.07) is 8.08. The van der Waals surface area contributed by atoms with Crippen LogP contribution in [0.1, 0.15) is 23.7 Å². The summed E-state index contributed by atoms with van der Waals surface area (Å²) in [7, 11) is 3.14. The number of phenols is 1. The maximum absolute atomic E-state index is 13.4. The van der Waals surface area contributed by atoms with Gasteiger partial charge in [0, 0.05) is 32.1 Å². The number of amides is 2. The molecular weight excluding hydrogens is 342 g/mol. The molecule has 0 radical (unpaired) electrons. The summed E-state index contributed by atoms with van der Waals surface area (Å²) in [6.07, 6.45) is 0.185. The minimum Gasteiger partial charge on any atom is -0.505 e. The second-order valence-corrected chi connectivity index (χ2v) is 6.01. The summed E-state index contributed by atoms with van der Waals surface area (Å²) in [4.78, 5) is 25.4. The molecule has 0 bridgehead atoms. The highest BCUT2D eigenvalue weighted by molar-refractivity contribution is 5.95. The van der Waals surface area contributed by atoms with Crippen molar-refractivity contribution in [1.82, 2.24) is 10.2 Å². The van der Waals surface area contributed by atoms with Gasteiger partial charge in [0.25, 0.3) is 5.91 Å². The van der Waals surface area contributed by atoms with E-state index in [9.17, 15) is 23.5 Å². The number of nitrogens with one attached hydrogen (secondary N) is 1. The fraction of sp³-hybridized carbons (Fsp3) is 0.263. The Morgan fingerprint density at radius 2 is 1.77 bits per heavy atom. The first-order chi connectivity index (χ1) is 12.2.